The molecule has 4 rings (SSSR count). The van der Waals surface area contributed by atoms with Crippen molar-refractivity contribution in [1.29, 1.82) is 0 Å². The second kappa shape index (κ2) is 0.889. The molecule has 9 heavy (non-hydrogen) atoms. The Bertz CT molecular complexity index is 121. The SMILES string of the molecule is C1C2C3CC3C3CC3C12. The van der Waals surface area contributed by atoms with Crippen LogP contribution in [0.3, 0.4) is 0 Å². The molecule has 0 aromatic carbocycles. The fraction of sp³-hybridized carbons (Fsp3) is 1.00. The highest BCUT2D eigenvalue weighted by Gasteiger charge is 2.70. The average molecular weight is 120 g/mol. The van der Waals surface area contributed by atoms with E-state index in [4.69, 9.17) is 0 Å². The lowest BCUT2D eigenvalue weighted by molar-refractivity contribution is 0.434. The molecule has 0 saturated heterocycles. The lowest BCUT2D eigenvalue weighted by Crippen LogP contribution is -2.00. The maximum absolute atomic E-state index is 1.64. The van der Waals surface area contributed by atoms with Gasteiger partial charge in [-0.05, 0) is 54.8 Å². The number of rotatable bonds is 0. The van der Waals surface area contributed by atoms with Gasteiger partial charge in [-0.15, -0.1) is 0 Å². The van der Waals surface area contributed by atoms with Crippen LogP contribution < -0.4 is 0 Å². The van der Waals surface area contributed by atoms with Crippen LogP contribution >= 0.6 is 0 Å². The zero-order chi connectivity index (χ0) is 5.59. The van der Waals surface area contributed by atoms with Gasteiger partial charge in [0, 0.05) is 0 Å². The van der Waals surface area contributed by atoms with Gasteiger partial charge >= 0.3 is 0 Å². The first-order valence-electron chi connectivity index (χ1n) is 4.45. The van der Waals surface area contributed by atoms with Crippen molar-refractivity contribution in [2.45, 2.75) is 19.3 Å². The Balaban J connectivity index is 1.84. The largest absolute Gasteiger partial charge is 0.0465 e. The molecule has 0 N–H and O–H groups in total. The fourth-order valence-electron chi connectivity index (χ4n) is 3.66. The van der Waals surface area contributed by atoms with Gasteiger partial charge in [-0.25, -0.2) is 0 Å². The molecule has 0 spiro atoms. The van der Waals surface area contributed by atoms with Gasteiger partial charge in [0.15, 0.2) is 0 Å². The molecule has 0 heteroatoms. The van der Waals surface area contributed by atoms with Gasteiger partial charge in [-0.3, -0.25) is 0 Å². The molecule has 0 atom stereocenters. The topological polar surface area (TPSA) is 0 Å². The van der Waals surface area contributed by atoms with Crippen LogP contribution in [0.25, 0.3) is 0 Å². The predicted octanol–water partition coefficient (Wildman–Crippen LogP) is 1.91. The molecule has 4 aliphatic rings. The molecule has 4 saturated carbocycles. The van der Waals surface area contributed by atoms with Crippen molar-refractivity contribution < 1.29 is 0 Å². The Morgan fingerprint density at radius 3 is 0.889 bits per heavy atom. The normalized spacial score (nSPS) is 80.0. The third-order valence-corrected chi connectivity index (χ3v) is 4.32. The van der Waals surface area contributed by atoms with Crippen molar-refractivity contribution >= 4 is 0 Å². The summed E-state index contributed by atoms with van der Waals surface area (Å²) in [6.45, 7) is 0. The first-order chi connectivity index (χ1) is 4.45. The summed E-state index contributed by atoms with van der Waals surface area (Å²) in [6.07, 6.45) is 4.92. The maximum atomic E-state index is 1.64. The molecular weight excluding hydrogens is 108 g/mol. The molecule has 0 aromatic heterocycles. The standard InChI is InChI=1S/C9H12/c1-4-5(1)7-3-9(7)8-2-6(4)8/h4-9H,1-3H2. The van der Waals surface area contributed by atoms with Crippen LogP contribution in [0.1, 0.15) is 19.3 Å². The van der Waals surface area contributed by atoms with Crippen molar-refractivity contribution in [3.8, 4) is 0 Å². The molecule has 0 amide bonds. The summed E-state index contributed by atoms with van der Waals surface area (Å²) in [5, 5.41) is 0. The second-order valence-electron chi connectivity index (χ2n) is 4.69. The Morgan fingerprint density at radius 1 is 0.444 bits per heavy atom. The van der Waals surface area contributed by atoms with E-state index in [-0.39, 0.29) is 0 Å². The quantitative estimate of drug-likeness (QED) is 0.458. The molecule has 0 aliphatic heterocycles. The highest BCUT2D eigenvalue weighted by molar-refractivity contribution is 5.19. The molecule has 0 unspecified atom stereocenters. The summed E-state index contributed by atoms with van der Waals surface area (Å²) in [4.78, 5) is 0. The van der Waals surface area contributed by atoms with E-state index in [0.717, 1.165) is 0 Å². The number of hydrogen-bond acceptors (Lipinski definition) is 0. The van der Waals surface area contributed by atoms with Gasteiger partial charge in [-0.2, -0.15) is 0 Å². The molecule has 0 bridgehead atoms. The molecular formula is C9H12. The summed E-state index contributed by atoms with van der Waals surface area (Å²) in [5.41, 5.74) is 0. The molecule has 48 valence electrons. The highest BCUT2D eigenvalue weighted by Crippen LogP contribution is 2.77. The van der Waals surface area contributed by atoms with Crippen LogP contribution in [-0.4, -0.2) is 0 Å². The van der Waals surface area contributed by atoms with Crippen LogP contribution in [-0.2, 0) is 0 Å². The van der Waals surface area contributed by atoms with Crippen LogP contribution in [0.15, 0.2) is 0 Å². The van der Waals surface area contributed by atoms with Crippen LogP contribution in [0.2, 0.25) is 0 Å². The summed E-state index contributed by atoms with van der Waals surface area (Å²) < 4.78 is 0. The van der Waals surface area contributed by atoms with Crippen molar-refractivity contribution in [3.63, 3.8) is 0 Å². The first kappa shape index (κ1) is 4.00. The lowest BCUT2D eigenvalue weighted by Gasteiger charge is -2.03. The highest BCUT2D eigenvalue weighted by atomic mass is 14.7. The molecule has 0 nitrogen and oxygen atoms in total. The van der Waals surface area contributed by atoms with E-state index in [1.807, 2.05) is 0 Å². The average Bonchev–Trinajstić information content (AvgIpc) is 2.64. The van der Waals surface area contributed by atoms with Crippen molar-refractivity contribution in [3.05, 3.63) is 0 Å². The molecule has 0 radical (unpaired) electrons. The third kappa shape index (κ3) is 0.320. The number of hydrogen-bond donors (Lipinski definition) is 0. The van der Waals surface area contributed by atoms with Crippen molar-refractivity contribution in [2.24, 2.45) is 35.5 Å². The van der Waals surface area contributed by atoms with E-state index in [2.05, 4.69) is 0 Å². The van der Waals surface area contributed by atoms with E-state index < -0.39 is 0 Å². The van der Waals surface area contributed by atoms with E-state index >= 15 is 0 Å². The van der Waals surface area contributed by atoms with Crippen molar-refractivity contribution in [1.82, 2.24) is 0 Å². The molecule has 4 aliphatic carbocycles. The third-order valence-electron chi connectivity index (χ3n) is 4.32. The Morgan fingerprint density at radius 2 is 0.667 bits per heavy atom. The van der Waals surface area contributed by atoms with E-state index in [0.29, 0.717) is 0 Å². The van der Waals surface area contributed by atoms with E-state index in [1.165, 1.54) is 35.5 Å². The van der Waals surface area contributed by atoms with Crippen LogP contribution in [0.4, 0.5) is 0 Å². The second-order valence-corrected chi connectivity index (χ2v) is 4.69. The van der Waals surface area contributed by atoms with Crippen LogP contribution in [0, 0.1) is 35.5 Å². The predicted molar refractivity (Wildman–Crippen MR) is 34.8 cm³/mol. The summed E-state index contributed by atoms with van der Waals surface area (Å²) >= 11 is 0. The Kier molecular flexibility index (Phi) is 0.395. The zero-order valence-corrected chi connectivity index (χ0v) is 5.59. The van der Waals surface area contributed by atoms with Gasteiger partial charge in [0.1, 0.15) is 0 Å². The zero-order valence-electron chi connectivity index (χ0n) is 5.59. The smallest absolute Gasteiger partial charge is 0.0349 e. The lowest BCUT2D eigenvalue weighted by atomic mass is 10.0. The molecule has 4 fully saturated rings. The number of fused-ring (bicyclic) bond motifs is 6. The van der Waals surface area contributed by atoms with Gasteiger partial charge in [0.05, 0.1) is 0 Å². The summed E-state index contributed by atoms with van der Waals surface area (Å²) in [5.74, 6) is 7.58. The van der Waals surface area contributed by atoms with E-state index in [1.54, 1.807) is 19.3 Å². The minimum atomic E-state index is 1.26. The van der Waals surface area contributed by atoms with Gasteiger partial charge in [0.2, 0.25) is 0 Å². The minimum Gasteiger partial charge on any atom is -0.0465 e. The van der Waals surface area contributed by atoms with Gasteiger partial charge in [-0.1, -0.05) is 0 Å². The van der Waals surface area contributed by atoms with E-state index in [9.17, 15) is 0 Å². The van der Waals surface area contributed by atoms with Crippen molar-refractivity contribution in [2.75, 3.05) is 0 Å². The minimum absolute atomic E-state index is 1.26. The maximum Gasteiger partial charge on any atom is -0.0349 e. The Hall–Kier alpha value is 0. The first-order valence-corrected chi connectivity index (χ1v) is 4.45. The fourth-order valence-corrected chi connectivity index (χ4v) is 3.66. The Labute approximate surface area is 55.6 Å². The van der Waals surface area contributed by atoms with Gasteiger partial charge in [0.25, 0.3) is 0 Å². The monoisotopic (exact) mass is 120 g/mol. The molecule has 0 heterocycles. The van der Waals surface area contributed by atoms with Crippen LogP contribution in [0.5, 0.6) is 0 Å². The summed E-state index contributed by atoms with van der Waals surface area (Å²) in [7, 11) is 0. The summed E-state index contributed by atoms with van der Waals surface area (Å²) in [6, 6.07) is 0. The van der Waals surface area contributed by atoms with Gasteiger partial charge < -0.3 is 0 Å². The molecule has 0 aromatic rings.